The minimum absolute atomic E-state index is 0.0342. The van der Waals surface area contributed by atoms with E-state index in [1.165, 1.54) is 0 Å². The van der Waals surface area contributed by atoms with Crippen molar-refractivity contribution in [2.24, 2.45) is 0 Å². The Kier molecular flexibility index (Phi) is 10.8. The average molecular weight is 582 g/mol. The van der Waals surface area contributed by atoms with E-state index in [9.17, 15) is 18.3 Å². The van der Waals surface area contributed by atoms with Crippen LogP contribution in [0.4, 0.5) is 5.69 Å². The number of ether oxygens (including phenoxy) is 1. The molecular weight excluding hydrogens is 542 g/mol. The maximum atomic E-state index is 12.9. The van der Waals surface area contributed by atoms with E-state index < -0.39 is 34.4 Å². The molecule has 0 aliphatic heterocycles. The van der Waals surface area contributed by atoms with Gasteiger partial charge >= 0.3 is 0 Å². The van der Waals surface area contributed by atoms with E-state index in [1.807, 2.05) is 41.1 Å². The van der Waals surface area contributed by atoms with Gasteiger partial charge in [0, 0.05) is 12.2 Å². The molecular formula is C31H39N3O6S. The maximum Gasteiger partial charge on any atom is 0.268 e. The van der Waals surface area contributed by atoms with Crippen LogP contribution in [0, 0.1) is 0 Å². The van der Waals surface area contributed by atoms with Gasteiger partial charge in [0.1, 0.15) is 5.75 Å². The molecule has 1 aliphatic rings. The van der Waals surface area contributed by atoms with Crippen LogP contribution in [0.25, 0.3) is 11.1 Å². The fourth-order valence-electron chi connectivity index (χ4n) is 4.89. The van der Waals surface area contributed by atoms with Gasteiger partial charge in [-0.15, -0.1) is 0 Å². The minimum Gasteiger partial charge on any atom is -0.490 e. The van der Waals surface area contributed by atoms with Gasteiger partial charge in [-0.1, -0.05) is 48.9 Å². The Morgan fingerprint density at radius 2 is 1.66 bits per heavy atom. The van der Waals surface area contributed by atoms with Crippen molar-refractivity contribution in [3.8, 4) is 16.9 Å². The third-order valence-corrected chi connectivity index (χ3v) is 8.43. The highest BCUT2D eigenvalue weighted by Crippen LogP contribution is 2.31. The molecule has 41 heavy (non-hydrogen) atoms. The van der Waals surface area contributed by atoms with E-state index in [4.69, 9.17) is 15.6 Å². The van der Waals surface area contributed by atoms with Crippen LogP contribution in [0.15, 0.2) is 66.7 Å². The van der Waals surface area contributed by atoms with Crippen LogP contribution < -0.4 is 20.5 Å². The first-order valence-electron chi connectivity index (χ1n) is 14.0. The number of aliphatic hydroxyl groups excluding tert-OH is 2. The summed E-state index contributed by atoms with van der Waals surface area (Å²) in [5, 5.41) is 22.6. The molecule has 4 rings (SSSR count). The molecule has 1 saturated carbocycles. The molecule has 0 bridgehead atoms. The first-order valence-corrected chi connectivity index (χ1v) is 15.7. The van der Waals surface area contributed by atoms with Crippen molar-refractivity contribution in [2.75, 3.05) is 31.2 Å². The molecule has 1 aliphatic carbocycles. The number of carbonyl (C=O) groups is 1. The molecule has 3 aromatic rings. The summed E-state index contributed by atoms with van der Waals surface area (Å²) in [7, 11) is -3.96. The second-order valence-electron chi connectivity index (χ2n) is 10.4. The van der Waals surface area contributed by atoms with Crippen molar-refractivity contribution >= 4 is 21.6 Å². The van der Waals surface area contributed by atoms with Crippen LogP contribution in [0.1, 0.15) is 59.7 Å². The zero-order valence-electron chi connectivity index (χ0n) is 23.1. The molecule has 0 saturated heterocycles. The second-order valence-corrected chi connectivity index (χ2v) is 12.2. The summed E-state index contributed by atoms with van der Waals surface area (Å²) in [5.74, 6) is -0.986. The van der Waals surface area contributed by atoms with E-state index in [0.717, 1.165) is 60.8 Å². The van der Waals surface area contributed by atoms with Crippen LogP contribution in [-0.4, -0.2) is 56.1 Å². The number of sulfonamides is 1. The Balaban J connectivity index is 1.41. The van der Waals surface area contributed by atoms with E-state index >= 15 is 0 Å². The summed E-state index contributed by atoms with van der Waals surface area (Å²) in [6.45, 7) is 0.561. The monoisotopic (exact) mass is 581 g/mol. The Labute approximate surface area is 241 Å². The molecule has 0 aromatic heterocycles. The summed E-state index contributed by atoms with van der Waals surface area (Å²) >= 11 is 0. The summed E-state index contributed by atoms with van der Waals surface area (Å²) < 4.78 is 32.4. The fourth-order valence-corrected chi connectivity index (χ4v) is 5.62. The van der Waals surface area contributed by atoms with Crippen molar-refractivity contribution in [1.82, 2.24) is 10.0 Å². The molecule has 9 nitrogen and oxygen atoms in total. The highest BCUT2D eigenvalue weighted by atomic mass is 32.2. The number of hydrogen-bond donors (Lipinski definition) is 5. The zero-order valence-corrected chi connectivity index (χ0v) is 23.9. The number of nitrogens with two attached hydrogens (primary N) is 1. The molecule has 0 spiro atoms. The Morgan fingerprint density at radius 3 is 2.34 bits per heavy atom. The summed E-state index contributed by atoms with van der Waals surface area (Å²) in [6, 6.07) is 20.4. The van der Waals surface area contributed by atoms with E-state index in [1.54, 1.807) is 30.3 Å². The predicted octanol–water partition coefficient (Wildman–Crippen LogP) is 3.56. The van der Waals surface area contributed by atoms with Gasteiger partial charge in [0.2, 0.25) is 10.0 Å². The predicted molar refractivity (Wildman–Crippen MR) is 160 cm³/mol. The van der Waals surface area contributed by atoms with Crippen LogP contribution >= 0.6 is 0 Å². The van der Waals surface area contributed by atoms with Gasteiger partial charge in [0.25, 0.3) is 5.91 Å². The third kappa shape index (κ3) is 9.02. The molecule has 3 aromatic carbocycles. The lowest BCUT2D eigenvalue weighted by atomic mass is 9.97. The number of amides is 1. The van der Waals surface area contributed by atoms with Crippen LogP contribution in [0.5, 0.6) is 5.75 Å². The standard InChI is InChI=1S/C31H39N3O6S/c32-26-13-10-24(11-14-26)29(36)21-33-17-16-22-6-8-23(9-7-22)25-12-15-28(31(37)34-41(38,39)19-18-35)30(20-25)40-27-4-2-1-3-5-27/h6-15,20,27,29,33,35-36H,1-5,16-19,21,32H2,(H,34,37)/t29-/m1/s1. The molecule has 1 fully saturated rings. The molecule has 0 unspecified atom stereocenters. The van der Waals surface area contributed by atoms with Crippen molar-refractivity contribution in [2.45, 2.75) is 50.7 Å². The van der Waals surface area contributed by atoms with Crippen molar-refractivity contribution in [3.05, 3.63) is 83.4 Å². The number of hydrogen-bond acceptors (Lipinski definition) is 8. The van der Waals surface area contributed by atoms with Gasteiger partial charge in [-0.3, -0.25) is 4.79 Å². The molecule has 0 heterocycles. The normalized spacial score (nSPS) is 14.9. The summed E-state index contributed by atoms with van der Waals surface area (Å²) in [5.41, 5.74) is 10.3. The first-order chi connectivity index (χ1) is 19.7. The Bertz CT molecular complexity index is 1390. The highest BCUT2D eigenvalue weighted by molar-refractivity contribution is 7.90. The lowest BCUT2D eigenvalue weighted by Gasteiger charge is -2.24. The number of carbonyl (C=O) groups excluding carboxylic acids is 1. The number of benzene rings is 3. The zero-order chi connectivity index (χ0) is 29.2. The van der Waals surface area contributed by atoms with Crippen molar-refractivity contribution < 1.29 is 28.2 Å². The summed E-state index contributed by atoms with van der Waals surface area (Å²) in [6.07, 6.45) is 5.16. The number of nitrogen functional groups attached to an aromatic ring is 1. The van der Waals surface area contributed by atoms with Crippen LogP contribution in [-0.2, 0) is 16.4 Å². The smallest absolute Gasteiger partial charge is 0.268 e. The van der Waals surface area contributed by atoms with Gasteiger partial charge in [-0.05, 0) is 85.2 Å². The fraction of sp³-hybridized carbons (Fsp3) is 0.387. The van der Waals surface area contributed by atoms with Gasteiger partial charge < -0.3 is 26.0 Å². The van der Waals surface area contributed by atoms with Gasteiger partial charge in [0.05, 0.1) is 30.1 Å². The quantitative estimate of drug-likeness (QED) is 0.152. The lowest BCUT2D eigenvalue weighted by molar-refractivity contribution is 0.0969. The van der Waals surface area contributed by atoms with Crippen LogP contribution in [0.2, 0.25) is 0 Å². The van der Waals surface area contributed by atoms with Gasteiger partial charge in [-0.25, -0.2) is 13.1 Å². The van der Waals surface area contributed by atoms with Gasteiger partial charge in [0.15, 0.2) is 0 Å². The SMILES string of the molecule is Nc1ccc([C@H](O)CNCCc2ccc(-c3ccc(C(=O)NS(=O)(=O)CCO)c(OC4CCCCC4)c3)cc2)cc1. The number of rotatable bonds is 13. The van der Waals surface area contributed by atoms with E-state index in [-0.39, 0.29) is 11.7 Å². The number of nitrogens with one attached hydrogen (secondary N) is 2. The second kappa shape index (κ2) is 14.5. The van der Waals surface area contributed by atoms with E-state index in [2.05, 4.69) is 5.32 Å². The first kappa shape index (κ1) is 30.5. The van der Waals surface area contributed by atoms with Crippen molar-refractivity contribution in [1.29, 1.82) is 0 Å². The third-order valence-electron chi connectivity index (χ3n) is 7.22. The largest absolute Gasteiger partial charge is 0.490 e. The van der Waals surface area contributed by atoms with E-state index in [0.29, 0.717) is 24.5 Å². The average Bonchev–Trinajstić information content (AvgIpc) is 2.96. The number of anilines is 1. The molecule has 220 valence electrons. The molecule has 0 radical (unpaired) electrons. The Morgan fingerprint density at radius 1 is 0.976 bits per heavy atom. The Hall–Kier alpha value is -3.44. The topological polar surface area (TPSA) is 151 Å². The number of aliphatic hydroxyl groups is 2. The maximum absolute atomic E-state index is 12.9. The highest BCUT2D eigenvalue weighted by Gasteiger charge is 2.23. The summed E-state index contributed by atoms with van der Waals surface area (Å²) in [4.78, 5) is 12.9. The molecule has 1 amide bonds. The molecule has 1 atom stereocenters. The lowest BCUT2D eigenvalue weighted by Crippen LogP contribution is -2.34. The molecule has 6 N–H and O–H groups in total. The van der Waals surface area contributed by atoms with Gasteiger partial charge in [-0.2, -0.15) is 0 Å². The molecule has 10 heteroatoms. The van der Waals surface area contributed by atoms with Crippen molar-refractivity contribution in [3.63, 3.8) is 0 Å². The minimum atomic E-state index is -3.96. The van der Waals surface area contributed by atoms with Crippen LogP contribution in [0.3, 0.4) is 0 Å².